The zero-order valence-electron chi connectivity index (χ0n) is 5.48. The molecular formula is C8H13. The first kappa shape index (κ1) is 4.84. The predicted molar refractivity (Wildman–Crippen MR) is 34.4 cm³/mol. The average Bonchev–Trinajstić information content (AvgIpc) is 2.46. The molecule has 0 heterocycles. The smallest absolute Gasteiger partial charge is 0.0204 e. The predicted octanol–water partition coefficient (Wildman–Crippen LogP) is 2.40. The lowest BCUT2D eigenvalue weighted by molar-refractivity contribution is 0.480. The summed E-state index contributed by atoms with van der Waals surface area (Å²) in [6, 6.07) is 0. The Morgan fingerprint density at radius 1 is 1.12 bits per heavy atom. The second-order valence-electron chi connectivity index (χ2n) is 3.24. The highest BCUT2D eigenvalue weighted by Gasteiger charge is 2.47. The van der Waals surface area contributed by atoms with Crippen LogP contribution >= 0.6 is 0 Å². The van der Waals surface area contributed by atoms with Gasteiger partial charge in [-0.1, -0.05) is 19.8 Å². The molecule has 0 aromatic carbocycles. The van der Waals surface area contributed by atoms with Gasteiger partial charge in [-0.3, -0.25) is 0 Å². The SMILES string of the molecule is C[C]1C2CCCCC12. The lowest BCUT2D eigenvalue weighted by atomic mass is 10.0. The van der Waals surface area contributed by atoms with Crippen LogP contribution in [-0.2, 0) is 0 Å². The Morgan fingerprint density at radius 2 is 1.62 bits per heavy atom. The van der Waals surface area contributed by atoms with Crippen LogP contribution in [0, 0.1) is 17.8 Å². The van der Waals surface area contributed by atoms with Crippen LogP contribution < -0.4 is 0 Å². The highest BCUT2D eigenvalue weighted by atomic mass is 14.5. The maximum Gasteiger partial charge on any atom is -0.0204 e. The van der Waals surface area contributed by atoms with Crippen LogP contribution in [0.5, 0.6) is 0 Å². The van der Waals surface area contributed by atoms with Gasteiger partial charge in [0.25, 0.3) is 0 Å². The Labute approximate surface area is 51.3 Å². The van der Waals surface area contributed by atoms with Crippen LogP contribution in [0.25, 0.3) is 0 Å². The summed E-state index contributed by atoms with van der Waals surface area (Å²) in [7, 11) is 0. The lowest BCUT2D eigenvalue weighted by Crippen LogP contribution is -1.91. The van der Waals surface area contributed by atoms with Crippen molar-refractivity contribution in [3.63, 3.8) is 0 Å². The molecule has 1 radical (unpaired) electrons. The molecule has 2 aliphatic rings. The van der Waals surface area contributed by atoms with E-state index < -0.39 is 0 Å². The van der Waals surface area contributed by atoms with Crippen LogP contribution in [0.3, 0.4) is 0 Å². The molecule has 45 valence electrons. The number of fused-ring (bicyclic) bond motifs is 1. The van der Waals surface area contributed by atoms with Crippen molar-refractivity contribution in [3.8, 4) is 0 Å². The quantitative estimate of drug-likeness (QED) is 0.448. The summed E-state index contributed by atoms with van der Waals surface area (Å²) in [6.07, 6.45) is 6.02. The Morgan fingerprint density at radius 3 is 2.00 bits per heavy atom. The van der Waals surface area contributed by atoms with E-state index in [2.05, 4.69) is 6.92 Å². The molecule has 2 fully saturated rings. The molecule has 8 heavy (non-hydrogen) atoms. The van der Waals surface area contributed by atoms with Gasteiger partial charge in [0.05, 0.1) is 0 Å². The molecule has 0 heteroatoms. The van der Waals surface area contributed by atoms with E-state index in [9.17, 15) is 0 Å². The molecule has 0 aromatic heterocycles. The molecular weight excluding hydrogens is 96.1 g/mol. The normalized spacial score (nSPS) is 46.1. The number of hydrogen-bond donors (Lipinski definition) is 0. The van der Waals surface area contributed by atoms with Gasteiger partial charge in [0.2, 0.25) is 0 Å². The zero-order valence-corrected chi connectivity index (χ0v) is 5.48. The van der Waals surface area contributed by atoms with Gasteiger partial charge < -0.3 is 0 Å². The monoisotopic (exact) mass is 109 g/mol. The molecule has 0 N–H and O–H groups in total. The molecule has 0 aliphatic heterocycles. The molecule has 0 saturated heterocycles. The second-order valence-corrected chi connectivity index (χ2v) is 3.24. The summed E-state index contributed by atoms with van der Waals surface area (Å²) < 4.78 is 0. The third-order valence-corrected chi connectivity index (χ3v) is 2.83. The van der Waals surface area contributed by atoms with Gasteiger partial charge in [-0.2, -0.15) is 0 Å². The van der Waals surface area contributed by atoms with Gasteiger partial charge in [0.15, 0.2) is 0 Å². The molecule has 0 amide bonds. The lowest BCUT2D eigenvalue weighted by Gasteiger charge is -2.04. The van der Waals surface area contributed by atoms with Gasteiger partial charge in [0.1, 0.15) is 0 Å². The first-order valence-corrected chi connectivity index (χ1v) is 3.73. The van der Waals surface area contributed by atoms with E-state index in [0.717, 1.165) is 11.8 Å². The minimum atomic E-state index is 1.09. The Balaban J connectivity index is 1.97. The molecule has 2 saturated carbocycles. The van der Waals surface area contributed by atoms with Crippen molar-refractivity contribution < 1.29 is 0 Å². The van der Waals surface area contributed by atoms with Crippen molar-refractivity contribution in [2.45, 2.75) is 32.6 Å². The fourth-order valence-corrected chi connectivity index (χ4v) is 2.12. The van der Waals surface area contributed by atoms with Gasteiger partial charge in [-0.15, -0.1) is 0 Å². The van der Waals surface area contributed by atoms with Crippen molar-refractivity contribution in [1.29, 1.82) is 0 Å². The summed E-state index contributed by atoms with van der Waals surface area (Å²) in [5.74, 6) is 3.98. The molecule has 2 rings (SSSR count). The third-order valence-electron chi connectivity index (χ3n) is 2.83. The summed E-state index contributed by atoms with van der Waals surface area (Å²) in [5.41, 5.74) is 0. The molecule has 2 aliphatic carbocycles. The highest BCUT2D eigenvalue weighted by Crippen LogP contribution is 2.56. The van der Waals surface area contributed by atoms with E-state index in [-0.39, 0.29) is 0 Å². The minimum Gasteiger partial charge on any atom is -0.0585 e. The minimum absolute atomic E-state index is 1.09. The first-order valence-electron chi connectivity index (χ1n) is 3.73. The fourth-order valence-electron chi connectivity index (χ4n) is 2.12. The molecule has 0 nitrogen and oxygen atoms in total. The van der Waals surface area contributed by atoms with Gasteiger partial charge in [-0.25, -0.2) is 0 Å². The molecule has 2 atom stereocenters. The van der Waals surface area contributed by atoms with Gasteiger partial charge in [-0.05, 0) is 30.6 Å². The van der Waals surface area contributed by atoms with Crippen LogP contribution in [-0.4, -0.2) is 0 Å². The topological polar surface area (TPSA) is 0 Å². The van der Waals surface area contributed by atoms with Gasteiger partial charge >= 0.3 is 0 Å². The Bertz CT molecular complexity index is 84.2. The summed E-state index contributed by atoms with van der Waals surface area (Å²) in [4.78, 5) is 0. The standard InChI is InChI=1S/C8H13/c1-6-7-4-2-3-5-8(6)7/h7-8H,2-5H2,1H3. The largest absolute Gasteiger partial charge is 0.0585 e. The molecule has 0 spiro atoms. The van der Waals surface area contributed by atoms with Crippen molar-refractivity contribution >= 4 is 0 Å². The van der Waals surface area contributed by atoms with Crippen LogP contribution in [0.2, 0.25) is 0 Å². The fraction of sp³-hybridized carbons (Fsp3) is 0.875. The van der Waals surface area contributed by atoms with Crippen molar-refractivity contribution in [2.75, 3.05) is 0 Å². The van der Waals surface area contributed by atoms with Crippen LogP contribution in [0.1, 0.15) is 32.6 Å². The second kappa shape index (κ2) is 1.49. The summed E-state index contributed by atoms with van der Waals surface area (Å²) in [5, 5.41) is 0. The van der Waals surface area contributed by atoms with Crippen molar-refractivity contribution in [2.24, 2.45) is 11.8 Å². The van der Waals surface area contributed by atoms with E-state index in [1.165, 1.54) is 25.7 Å². The summed E-state index contributed by atoms with van der Waals surface area (Å²) in [6.45, 7) is 2.33. The zero-order chi connectivity index (χ0) is 5.56. The van der Waals surface area contributed by atoms with Crippen LogP contribution in [0.15, 0.2) is 0 Å². The number of rotatable bonds is 0. The maximum absolute atomic E-state index is 2.33. The third kappa shape index (κ3) is 0.519. The molecule has 2 unspecified atom stereocenters. The summed E-state index contributed by atoms with van der Waals surface area (Å²) >= 11 is 0. The molecule has 0 aromatic rings. The highest BCUT2D eigenvalue weighted by molar-refractivity contribution is 5.19. The van der Waals surface area contributed by atoms with Crippen molar-refractivity contribution in [1.82, 2.24) is 0 Å². The molecule has 0 bridgehead atoms. The van der Waals surface area contributed by atoms with E-state index in [0.29, 0.717) is 0 Å². The average molecular weight is 109 g/mol. The van der Waals surface area contributed by atoms with E-state index >= 15 is 0 Å². The first-order chi connectivity index (χ1) is 3.89. The van der Waals surface area contributed by atoms with Crippen molar-refractivity contribution in [3.05, 3.63) is 5.92 Å². The van der Waals surface area contributed by atoms with Gasteiger partial charge in [0, 0.05) is 0 Å². The number of hydrogen-bond acceptors (Lipinski definition) is 0. The van der Waals surface area contributed by atoms with E-state index in [1.54, 1.807) is 0 Å². The van der Waals surface area contributed by atoms with Crippen LogP contribution in [0.4, 0.5) is 0 Å². The maximum atomic E-state index is 2.33. The van der Waals surface area contributed by atoms with E-state index in [4.69, 9.17) is 0 Å². The Kier molecular flexibility index (Phi) is 0.902. The Hall–Kier alpha value is 0. The van der Waals surface area contributed by atoms with E-state index in [1.807, 2.05) is 5.92 Å².